The van der Waals surface area contributed by atoms with Crippen LogP contribution in [0, 0.1) is 0 Å². The standard InChI is InChI=1S/C16H12O6P2S4/c17-23(18,19)11-8-28-16(13(11)24(20,21)22)15-10(4-7-27-15)14-9(3-6-26-14)12-2-1-5-25-12/h1-8H,(H2,17,18,19)(H2,20,21,22). The minimum atomic E-state index is -4.91. The fourth-order valence-electron chi connectivity index (χ4n) is 2.80. The first-order chi connectivity index (χ1) is 13.2. The smallest absolute Gasteiger partial charge is 0.321 e. The van der Waals surface area contributed by atoms with Crippen molar-refractivity contribution in [3.8, 4) is 30.6 Å². The lowest BCUT2D eigenvalue weighted by molar-refractivity contribution is 0.381. The molecule has 4 heterocycles. The van der Waals surface area contributed by atoms with Crippen LogP contribution in [0.4, 0.5) is 0 Å². The second kappa shape index (κ2) is 7.41. The van der Waals surface area contributed by atoms with Crippen molar-refractivity contribution in [2.75, 3.05) is 0 Å². The molecule has 0 bridgehead atoms. The molecule has 0 aliphatic rings. The van der Waals surface area contributed by atoms with Crippen molar-refractivity contribution in [3.63, 3.8) is 0 Å². The Morgan fingerprint density at radius 3 is 1.96 bits per heavy atom. The average molecular weight is 490 g/mol. The van der Waals surface area contributed by atoms with Gasteiger partial charge >= 0.3 is 15.2 Å². The van der Waals surface area contributed by atoms with Gasteiger partial charge in [-0.05, 0) is 34.3 Å². The van der Waals surface area contributed by atoms with Crippen LogP contribution >= 0.6 is 60.5 Å². The van der Waals surface area contributed by atoms with Crippen LogP contribution in [0.25, 0.3) is 30.6 Å². The monoisotopic (exact) mass is 490 g/mol. The summed E-state index contributed by atoms with van der Waals surface area (Å²) in [7, 11) is -9.74. The summed E-state index contributed by atoms with van der Waals surface area (Å²) in [4.78, 5) is 41.5. The molecule has 0 saturated carbocycles. The van der Waals surface area contributed by atoms with E-state index in [2.05, 4.69) is 0 Å². The summed E-state index contributed by atoms with van der Waals surface area (Å²) in [6, 6.07) is 7.81. The fourth-order valence-corrected chi connectivity index (χ4v) is 9.92. The molecule has 0 fully saturated rings. The number of hydrogen-bond acceptors (Lipinski definition) is 6. The van der Waals surface area contributed by atoms with Crippen molar-refractivity contribution in [1.29, 1.82) is 0 Å². The normalized spacial score (nSPS) is 12.6. The van der Waals surface area contributed by atoms with Gasteiger partial charge in [0.15, 0.2) is 0 Å². The molecular weight excluding hydrogens is 478 g/mol. The Morgan fingerprint density at radius 2 is 1.36 bits per heavy atom. The van der Waals surface area contributed by atoms with E-state index < -0.39 is 25.8 Å². The highest BCUT2D eigenvalue weighted by molar-refractivity contribution is 7.68. The van der Waals surface area contributed by atoms with E-state index in [-0.39, 0.29) is 4.88 Å². The molecule has 0 aliphatic carbocycles. The summed E-state index contributed by atoms with van der Waals surface area (Å²) in [5.74, 6) is 0. The van der Waals surface area contributed by atoms with Crippen LogP contribution in [-0.2, 0) is 9.13 Å². The molecule has 0 saturated heterocycles. The molecule has 6 nitrogen and oxygen atoms in total. The Hall–Kier alpha value is -0.900. The summed E-state index contributed by atoms with van der Waals surface area (Å²) in [6.45, 7) is 0. The first-order valence-electron chi connectivity index (χ1n) is 7.61. The second-order valence-corrected chi connectivity index (χ2v) is 12.5. The minimum Gasteiger partial charge on any atom is -0.321 e. The zero-order valence-corrected chi connectivity index (χ0v) is 18.8. The molecule has 0 amide bonds. The quantitative estimate of drug-likeness (QED) is 0.306. The van der Waals surface area contributed by atoms with E-state index in [4.69, 9.17) is 0 Å². The second-order valence-electron chi connectivity index (χ2n) is 5.69. The zero-order valence-electron chi connectivity index (χ0n) is 13.8. The molecule has 0 aromatic carbocycles. The molecule has 0 spiro atoms. The third-order valence-corrected chi connectivity index (χ3v) is 10.4. The summed E-state index contributed by atoms with van der Waals surface area (Å²) < 4.78 is 23.9. The van der Waals surface area contributed by atoms with Gasteiger partial charge in [-0.3, -0.25) is 9.13 Å². The highest BCUT2D eigenvalue weighted by Crippen LogP contribution is 2.50. The zero-order chi connectivity index (χ0) is 20.1. The van der Waals surface area contributed by atoms with Gasteiger partial charge in [-0.1, -0.05) is 6.07 Å². The lowest BCUT2D eigenvalue weighted by Crippen LogP contribution is -2.22. The molecule has 0 unspecified atom stereocenters. The first-order valence-corrected chi connectivity index (χ1v) is 14.4. The Balaban J connectivity index is 1.94. The van der Waals surface area contributed by atoms with E-state index in [1.54, 1.807) is 11.3 Å². The van der Waals surface area contributed by atoms with E-state index in [1.165, 1.54) is 22.7 Å². The van der Waals surface area contributed by atoms with Gasteiger partial charge in [0.2, 0.25) is 0 Å². The van der Waals surface area contributed by atoms with Crippen LogP contribution in [0.1, 0.15) is 0 Å². The minimum absolute atomic E-state index is 0.196. The van der Waals surface area contributed by atoms with Gasteiger partial charge in [0.25, 0.3) is 0 Å². The van der Waals surface area contributed by atoms with Gasteiger partial charge in [-0.2, -0.15) is 0 Å². The maximum Gasteiger partial charge on any atom is 0.358 e. The molecule has 0 atom stereocenters. The van der Waals surface area contributed by atoms with Crippen molar-refractivity contribution >= 4 is 71.1 Å². The van der Waals surface area contributed by atoms with Crippen molar-refractivity contribution < 1.29 is 28.7 Å². The highest BCUT2D eigenvalue weighted by Gasteiger charge is 2.36. The van der Waals surface area contributed by atoms with E-state index >= 15 is 0 Å². The van der Waals surface area contributed by atoms with E-state index in [0.29, 0.717) is 4.88 Å². The molecule has 4 aromatic heterocycles. The van der Waals surface area contributed by atoms with Crippen molar-refractivity contribution in [3.05, 3.63) is 45.8 Å². The topological polar surface area (TPSA) is 115 Å². The molecule has 28 heavy (non-hydrogen) atoms. The van der Waals surface area contributed by atoms with Gasteiger partial charge < -0.3 is 19.6 Å². The van der Waals surface area contributed by atoms with Gasteiger partial charge in [0.1, 0.15) is 0 Å². The summed E-state index contributed by atoms with van der Waals surface area (Å²) >= 11 is 5.33. The average Bonchev–Trinajstić information content (AvgIpc) is 3.37. The predicted octanol–water partition coefficient (Wildman–Crippen LogP) is 4.54. The SMILES string of the molecule is O=P(O)(O)c1csc(-c2sccc2-c2sccc2-c2cccs2)c1P(=O)(O)O. The third kappa shape index (κ3) is 3.66. The van der Waals surface area contributed by atoms with Crippen LogP contribution in [0.5, 0.6) is 0 Å². The molecule has 4 aromatic rings. The lowest BCUT2D eigenvalue weighted by atomic mass is 10.1. The van der Waals surface area contributed by atoms with Crippen molar-refractivity contribution in [2.24, 2.45) is 0 Å². The van der Waals surface area contributed by atoms with Gasteiger partial charge in [0, 0.05) is 26.3 Å². The van der Waals surface area contributed by atoms with Gasteiger partial charge in [-0.25, -0.2) is 0 Å². The van der Waals surface area contributed by atoms with Crippen molar-refractivity contribution in [2.45, 2.75) is 0 Å². The number of thiophene rings is 4. The largest absolute Gasteiger partial charge is 0.358 e. The van der Waals surface area contributed by atoms with Crippen LogP contribution in [0.15, 0.2) is 45.8 Å². The Bertz CT molecular complexity index is 1220. The molecule has 0 aliphatic heterocycles. The highest BCUT2D eigenvalue weighted by atomic mass is 32.1. The molecule has 4 rings (SSSR count). The van der Waals surface area contributed by atoms with Crippen LogP contribution in [-0.4, -0.2) is 19.6 Å². The molecular formula is C16H12O6P2S4. The van der Waals surface area contributed by atoms with Gasteiger partial charge in [0.05, 0.1) is 20.4 Å². The molecule has 12 heteroatoms. The van der Waals surface area contributed by atoms with E-state index in [0.717, 1.165) is 37.6 Å². The third-order valence-electron chi connectivity index (χ3n) is 3.92. The van der Waals surface area contributed by atoms with E-state index in [1.807, 2.05) is 40.4 Å². The number of hydrogen-bond donors (Lipinski definition) is 4. The Labute approximate surface area is 175 Å². The summed E-state index contributed by atoms with van der Waals surface area (Å²) in [5, 5.41) is 5.69. The maximum absolute atomic E-state index is 12.1. The molecule has 146 valence electrons. The Morgan fingerprint density at radius 1 is 0.679 bits per heavy atom. The maximum atomic E-state index is 12.1. The number of rotatable bonds is 5. The summed E-state index contributed by atoms with van der Waals surface area (Å²) in [5.41, 5.74) is 1.81. The molecule has 4 N–H and O–H groups in total. The predicted molar refractivity (Wildman–Crippen MR) is 118 cm³/mol. The lowest BCUT2D eigenvalue weighted by Gasteiger charge is -2.11. The van der Waals surface area contributed by atoms with Crippen LogP contribution < -0.4 is 10.6 Å². The van der Waals surface area contributed by atoms with Crippen LogP contribution in [0.3, 0.4) is 0 Å². The first kappa shape index (κ1) is 20.4. The van der Waals surface area contributed by atoms with Crippen molar-refractivity contribution in [1.82, 2.24) is 0 Å². The summed E-state index contributed by atoms with van der Waals surface area (Å²) in [6.07, 6.45) is 0. The van der Waals surface area contributed by atoms with Gasteiger partial charge in [-0.15, -0.1) is 45.3 Å². The fraction of sp³-hybridized carbons (Fsp3) is 0. The Kier molecular flexibility index (Phi) is 5.39. The van der Waals surface area contributed by atoms with Crippen LogP contribution in [0.2, 0.25) is 0 Å². The van der Waals surface area contributed by atoms with E-state index in [9.17, 15) is 28.7 Å². The molecule has 0 radical (unpaired) electrons.